The molecule has 4 heteroatoms. The van der Waals surface area contributed by atoms with Crippen LogP contribution in [0.15, 0.2) is 39.5 Å². The highest BCUT2D eigenvalue weighted by Gasteiger charge is 2.14. The van der Waals surface area contributed by atoms with Crippen molar-refractivity contribution in [1.29, 1.82) is 0 Å². The highest BCUT2D eigenvalue weighted by atomic mass is 79.9. The Morgan fingerprint density at radius 2 is 2.22 bits per heavy atom. The highest BCUT2D eigenvalue weighted by molar-refractivity contribution is 9.10. The van der Waals surface area contributed by atoms with Crippen LogP contribution in [-0.2, 0) is 6.42 Å². The third kappa shape index (κ3) is 3.13. The van der Waals surface area contributed by atoms with Gasteiger partial charge in [0.15, 0.2) is 0 Å². The van der Waals surface area contributed by atoms with E-state index in [1.54, 1.807) is 18.4 Å². The first-order valence-electron chi connectivity index (χ1n) is 5.76. The molecule has 1 aromatic heterocycles. The Hall–Kier alpha value is -0.840. The minimum absolute atomic E-state index is 0.282. The lowest BCUT2D eigenvalue weighted by molar-refractivity contribution is 0.413. The van der Waals surface area contributed by atoms with Crippen molar-refractivity contribution >= 4 is 27.3 Å². The smallest absolute Gasteiger partial charge is 0.119 e. The van der Waals surface area contributed by atoms with Crippen molar-refractivity contribution in [2.45, 2.75) is 12.5 Å². The van der Waals surface area contributed by atoms with Gasteiger partial charge in [-0.05, 0) is 59.6 Å². The number of hydrogen-bond acceptors (Lipinski definition) is 3. The highest BCUT2D eigenvalue weighted by Crippen LogP contribution is 2.30. The van der Waals surface area contributed by atoms with Gasteiger partial charge >= 0.3 is 0 Å². The molecule has 0 aliphatic rings. The molecule has 1 heterocycles. The number of methoxy groups -OCH3 is 1. The van der Waals surface area contributed by atoms with Crippen LogP contribution in [0.25, 0.3) is 0 Å². The molecule has 96 valence electrons. The number of halogens is 1. The number of rotatable bonds is 5. The Morgan fingerprint density at radius 3 is 2.83 bits per heavy atom. The average Bonchev–Trinajstić information content (AvgIpc) is 2.90. The van der Waals surface area contributed by atoms with Crippen LogP contribution in [0.4, 0.5) is 0 Å². The topological polar surface area (TPSA) is 21.3 Å². The Kier molecular flexibility index (Phi) is 4.80. The van der Waals surface area contributed by atoms with Crippen LogP contribution in [0.3, 0.4) is 0 Å². The summed E-state index contributed by atoms with van der Waals surface area (Å²) in [6.07, 6.45) is 0.978. The molecule has 0 amide bonds. The van der Waals surface area contributed by atoms with E-state index in [0.717, 1.165) is 16.6 Å². The van der Waals surface area contributed by atoms with Gasteiger partial charge in [-0.25, -0.2) is 0 Å². The van der Waals surface area contributed by atoms with Crippen LogP contribution in [0.5, 0.6) is 5.75 Å². The molecule has 2 aromatic rings. The monoisotopic (exact) mass is 325 g/mol. The second-order valence-electron chi connectivity index (χ2n) is 4.06. The maximum absolute atomic E-state index is 5.29. The van der Waals surface area contributed by atoms with Gasteiger partial charge in [-0.15, -0.1) is 0 Å². The lowest BCUT2D eigenvalue weighted by atomic mass is 10.0. The molecule has 1 unspecified atom stereocenters. The van der Waals surface area contributed by atoms with E-state index >= 15 is 0 Å². The SMILES string of the molecule is CNC(Cc1ccsc1)c1cc(OC)ccc1Br. The summed E-state index contributed by atoms with van der Waals surface area (Å²) in [5.74, 6) is 0.888. The fourth-order valence-corrected chi connectivity index (χ4v) is 3.13. The molecule has 0 aliphatic heterocycles. The van der Waals surface area contributed by atoms with E-state index in [-0.39, 0.29) is 6.04 Å². The van der Waals surface area contributed by atoms with Crippen LogP contribution in [0.1, 0.15) is 17.2 Å². The van der Waals surface area contributed by atoms with Gasteiger partial charge in [0.2, 0.25) is 0 Å². The second kappa shape index (κ2) is 6.36. The fourth-order valence-electron chi connectivity index (χ4n) is 1.93. The third-order valence-corrected chi connectivity index (χ3v) is 4.40. The van der Waals surface area contributed by atoms with Crippen LogP contribution < -0.4 is 10.1 Å². The Bertz CT molecular complexity index is 499. The van der Waals surface area contributed by atoms with Crippen molar-refractivity contribution in [3.63, 3.8) is 0 Å². The summed E-state index contributed by atoms with van der Waals surface area (Å²) in [4.78, 5) is 0. The zero-order valence-electron chi connectivity index (χ0n) is 10.4. The summed E-state index contributed by atoms with van der Waals surface area (Å²) in [6.45, 7) is 0. The predicted molar refractivity (Wildman–Crippen MR) is 80.5 cm³/mol. The molecule has 18 heavy (non-hydrogen) atoms. The van der Waals surface area contributed by atoms with E-state index in [1.807, 2.05) is 19.2 Å². The van der Waals surface area contributed by atoms with E-state index in [1.165, 1.54) is 11.1 Å². The first-order chi connectivity index (χ1) is 8.74. The minimum Gasteiger partial charge on any atom is -0.497 e. The maximum atomic E-state index is 5.29. The van der Waals surface area contributed by atoms with Crippen molar-refractivity contribution in [1.82, 2.24) is 5.32 Å². The quantitative estimate of drug-likeness (QED) is 0.896. The third-order valence-electron chi connectivity index (χ3n) is 2.95. The lowest BCUT2D eigenvalue weighted by Gasteiger charge is -2.18. The molecule has 0 saturated carbocycles. The Balaban J connectivity index is 2.26. The van der Waals surface area contributed by atoms with E-state index in [4.69, 9.17) is 4.74 Å². The number of benzene rings is 1. The molecule has 0 aliphatic carbocycles. The lowest BCUT2D eigenvalue weighted by Crippen LogP contribution is -2.19. The number of likely N-dealkylation sites (N-methyl/N-ethyl adjacent to an activating group) is 1. The summed E-state index contributed by atoms with van der Waals surface area (Å²) in [5, 5.41) is 7.67. The van der Waals surface area contributed by atoms with Crippen LogP contribution >= 0.6 is 27.3 Å². The van der Waals surface area contributed by atoms with Gasteiger partial charge in [-0.1, -0.05) is 15.9 Å². The Morgan fingerprint density at radius 1 is 1.39 bits per heavy atom. The zero-order valence-corrected chi connectivity index (χ0v) is 12.8. The molecule has 1 atom stereocenters. The molecule has 0 bridgehead atoms. The van der Waals surface area contributed by atoms with Gasteiger partial charge in [0.05, 0.1) is 7.11 Å². The van der Waals surface area contributed by atoms with Crippen molar-refractivity contribution in [2.75, 3.05) is 14.2 Å². The van der Waals surface area contributed by atoms with Crippen molar-refractivity contribution in [3.8, 4) is 5.75 Å². The van der Waals surface area contributed by atoms with Crippen LogP contribution in [0, 0.1) is 0 Å². The van der Waals surface area contributed by atoms with Gasteiger partial charge in [-0.2, -0.15) is 11.3 Å². The van der Waals surface area contributed by atoms with Crippen LogP contribution in [-0.4, -0.2) is 14.2 Å². The summed E-state index contributed by atoms with van der Waals surface area (Å²) >= 11 is 5.35. The zero-order chi connectivity index (χ0) is 13.0. The van der Waals surface area contributed by atoms with E-state index < -0.39 is 0 Å². The predicted octanol–water partition coefficient (Wildman–Crippen LogP) is 4.02. The molecule has 2 nitrogen and oxygen atoms in total. The molecular formula is C14H16BrNOS. The minimum atomic E-state index is 0.282. The van der Waals surface area contributed by atoms with Crippen molar-refractivity contribution in [3.05, 3.63) is 50.6 Å². The van der Waals surface area contributed by atoms with E-state index in [2.05, 4.69) is 44.1 Å². The van der Waals surface area contributed by atoms with E-state index in [9.17, 15) is 0 Å². The molecule has 0 spiro atoms. The molecular weight excluding hydrogens is 310 g/mol. The average molecular weight is 326 g/mol. The van der Waals surface area contributed by atoms with Gasteiger partial charge in [0.25, 0.3) is 0 Å². The molecule has 0 fully saturated rings. The first-order valence-corrected chi connectivity index (χ1v) is 7.50. The maximum Gasteiger partial charge on any atom is 0.119 e. The van der Waals surface area contributed by atoms with Crippen LogP contribution in [0.2, 0.25) is 0 Å². The molecule has 1 N–H and O–H groups in total. The Labute approximate surface area is 120 Å². The molecule has 1 aromatic carbocycles. The molecule has 2 rings (SSSR count). The van der Waals surface area contributed by atoms with Gasteiger partial charge in [0.1, 0.15) is 5.75 Å². The summed E-state index contributed by atoms with van der Waals surface area (Å²) in [7, 11) is 3.68. The van der Waals surface area contributed by atoms with Crippen molar-refractivity contribution < 1.29 is 4.74 Å². The van der Waals surface area contributed by atoms with Gasteiger partial charge in [-0.3, -0.25) is 0 Å². The normalized spacial score (nSPS) is 12.4. The van der Waals surface area contributed by atoms with Gasteiger partial charge in [0, 0.05) is 10.5 Å². The molecule has 0 radical (unpaired) electrons. The number of nitrogens with one attached hydrogen (secondary N) is 1. The first kappa shape index (κ1) is 13.6. The summed E-state index contributed by atoms with van der Waals surface area (Å²) < 4.78 is 6.40. The second-order valence-corrected chi connectivity index (χ2v) is 5.70. The van der Waals surface area contributed by atoms with Gasteiger partial charge < -0.3 is 10.1 Å². The standard InChI is InChI=1S/C14H16BrNOS/c1-16-14(7-10-5-6-18-9-10)12-8-11(17-2)3-4-13(12)15/h3-6,8-9,14,16H,7H2,1-2H3. The largest absolute Gasteiger partial charge is 0.497 e. The number of ether oxygens (including phenoxy) is 1. The molecule has 0 saturated heterocycles. The number of thiophene rings is 1. The summed E-state index contributed by atoms with van der Waals surface area (Å²) in [5.41, 5.74) is 2.58. The van der Waals surface area contributed by atoms with Crippen molar-refractivity contribution in [2.24, 2.45) is 0 Å². The fraction of sp³-hybridized carbons (Fsp3) is 0.286. The number of hydrogen-bond donors (Lipinski definition) is 1. The van der Waals surface area contributed by atoms with E-state index in [0.29, 0.717) is 0 Å². The summed E-state index contributed by atoms with van der Waals surface area (Å²) in [6, 6.07) is 8.53.